The van der Waals surface area contributed by atoms with Crippen molar-refractivity contribution in [1.29, 1.82) is 0 Å². The maximum Gasteiger partial charge on any atom is 0.339 e. The summed E-state index contributed by atoms with van der Waals surface area (Å²) in [5.41, 5.74) is 4.82. The van der Waals surface area contributed by atoms with E-state index in [0.717, 1.165) is 0 Å². The van der Waals surface area contributed by atoms with Gasteiger partial charge in [-0.15, -0.1) is 0 Å². The fourth-order valence-electron chi connectivity index (χ4n) is 1.14. The molecule has 0 aliphatic heterocycles. The minimum absolute atomic E-state index is 0.00343. The Morgan fingerprint density at radius 1 is 1.44 bits per heavy atom. The Hall–Kier alpha value is -2.24. The number of methoxy groups -OCH3 is 1. The smallest absolute Gasteiger partial charge is 0.339 e. The second-order valence-electron chi connectivity index (χ2n) is 2.90. The van der Waals surface area contributed by atoms with E-state index in [-0.39, 0.29) is 17.1 Å². The number of hydrogen-bond acceptors (Lipinski definition) is 4. The zero-order valence-electron chi connectivity index (χ0n) is 8.60. The van der Waals surface area contributed by atoms with Gasteiger partial charge < -0.3 is 20.3 Å². The van der Waals surface area contributed by atoms with Crippen molar-refractivity contribution < 1.29 is 24.2 Å². The van der Waals surface area contributed by atoms with Crippen LogP contribution in [0.3, 0.4) is 0 Å². The molecule has 16 heavy (non-hydrogen) atoms. The van der Waals surface area contributed by atoms with Crippen LogP contribution in [0.15, 0.2) is 18.2 Å². The summed E-state index contributed by atoms with van der Waals surface area (Å²) in [5.74, 6) is -1.63. The van der Waals surface area contributed by atoms with Gasteiger partial charge in [-0.2, -0.15) is 0 Å². The highest BCUT2D eigenvalue weighted by atomic mass is 16.5. The van der Waals surface area contributed by atoms with E-state index in [1.165, 1.54) is 25.3 Å². The van der Waals surface area contributed by atoms with Crippen molar-refractivity contribution >= 4 is 11.9 Å². The normalized spacial score (nSPS) is 9.56. The zero-order valence-corrected chi connectivity index (χ0v) is 8.60. The Balaban J connectivity index is 3.09. The van der Waals surface area contributed by atoms with Gasteiger partial charge in [-0.05, 0) is 12.1 Å². The highest BCUT2D eigenvalue weighted by Crippen LogP contribution is 2.30. The first-order chi connectivity index (χ1) is 7.56. The van der Waals surface area contributed by atoms with E-state index in [9.17, 15) is 9.59 Å². The van der Waals surface area contributed by atoms with Gasteiger partial charge in [-0.3, -0.25) is 4.79 Å². The number of carboxylic acids is 1. The third-order valence-electron chi connectivity index (χ3n) is 1.79. The highest BCUT2D eigenvalue weighted by Gasteiger charge is 2.16. The molecule has 0 aromatic heterocycles. The molecule has 3 N–H and O–H groups in total. The molecule has 0 saturated carbocycles. The van der Waals surface area contributed by atoms with Crippen molar-refractivity contribution in [1.82, 2.24) is 0 Å². The fourth-order valence-corrected chi connectivity index (χ4v) is 1.14. The van der Waals surface area contributed by atoms with Gasteiger partial charge in [0, 0.05) is 0 Å². The van der Waals surface area contributed by atoms with Crippen LogP contribution < -0.4 is 15.2 Å². The second-order valence-corrected chi connectivity index (χ2v) is 2.90. The van der Waals surface area contributed by atoms with Gasteiger partial charge in [-0.1, -0.05) is 6.07 Å². The number of carbonyl (C=O) groups excluding carboxylic acids is 1. The fraction of sp³-hybridized carbons (Fsp3) is 0.200. The van der Waals surface area contributed by atoms with E-state index in [2.05, 4.69) is 0 Å². The van der Waals surface area contributed by atoms with Gasteiger partial charge in [0.2, 0.25) is 0 Å². The van der Waals surface area contributed by atoms with E-state index in [4.69, 9.17) is 20.3 Å². The molecule has 1 aromatic carbocycles. The molecule has 0 aliphatic carbocycles. The van der Waals surface area contributed by atoms with Crippen LogP contribution in [0, 0.1) is 0 Å². The number of amides is 1. The van der Waals surface area contributed by atoms with E-state index in [0.29, 0.717) is 0 Å². The molecule has 0 atom stereocenters. The van der Waals surface area contributed by atoms with Crippen molar-refractivity contribution in [2.75, 3.05) is 13.7 Å². The predicted molar refractivity (Wildman–Crippen MR) is 54.6 cm³/mol. The Morgan fingerprint density at radius 2 is 2.12 bits per heavy atom. The monoisotopic (exact) mass is 225 g/mol. The summed E-state index contributed by atoms with van der Waals surface area (Å²) in [6.45, 7) is -0.402. The highest BCUT2D eigenvalue weighted by molar-refractivity contribution is 5.92. The molecule has 6 heteroatoms. The molecule has 0 unspecified atom stereocenters. The summed E-state index contributed by atoms with van der Waals surface area (Å²) in [6.07, 6.45) is 0. The Bertz CT molecular complexity index is 416. The molecule has 0 spiro atoms. The molecule has 0 heterocycles. The van der Waals surface area contributed by atoms with Crippen molar-refractivity contribution in [2.45, 2.75) is 0 Å². The lowest BCUT2D eigenvalue weighted by Gasteiger charge is -2.11. The number of ether oxygens (including phenoxy) is 2. The SMILES string of the molecule is COc1cccc(C(=O)O)c1OCC(N)=O. The minimum atomic E-state index is -1.17. The molecular weight excluding hydrogens is 214 g/mol. The third kappa shape index (κ3) is 2.63. The van der Waals surface area contributed by atoms with Crippen LogP contribution in [0.1, 0.15) is 10.4 Å². The van der Waals surface area contributed by atoms with Crippen LogP contribution in [0.4, 0.5) is 0 Å². The summed E-state index contributed by atoms with van der Waals surface area (Å²) in [5, 5.41) is 8.90. The van der Waals surface area contributed by atoms with Gasteiger partial charge in [0.1, 0.15) is 5.56 Å². The Kier molecular flexibility index (Phi) is 3.71. The van der Waals surface area contributed by atoms with Crippen molar-refractivity contribution in [2.24, 2.45) is 5.73 Å². The molecule has 86 valence electrons. The number of carboxylic acid groups (broad SMARTS) is 1. The molecule has 0 fully saturated rings. The van der Waals surface area contributed by atoms with Crippen LogP contribution in [0.2, 0.25) is 0 Å². The number of primary amides is 1. The average Bonchev–Trinajstić information content (AvgIpc) is 2.25. The minimum Gasteiger partial charge on any atom is -0.493 e. The molecule has 0 aliphatic rings. The summed E-state index contributed by atoms with van der Waals surface area (Å²) < 4.78 is 9.93. The first kappa shape index (κ1) is 11.8. The van der Waals surface area contributed by atoms with Crippen LogP contribution in [-0.4, -0.2) is 30.7 Å². The number of nitrogens with two attached hydrogens (primary N) is 1. The van der Waals surface area contributed by atoms with Crippen molar-refractivity contribution in [3.63, 3.8) is 0 Å². The predicted octanol–water partition coefficient (Wildman–Crippen LogP) is 0.257. The van der Waals surface area contributed by atoms with Crippen molar-refractivity contribution in [3.8, 4) is 11.5 Å². The van der Waals surface area contributed by atoms with Gasteiger partial charge in [0.25, 0.3) is 5.91 Å². The number of carbonyl (C=O) groups is 2. The second kappa shape index (κ2) is 5.01. The van der Waals surface area contributed by atoms with E-state index in [1.54, 1.807) is 0 Å². The lowest BCUT2D eigenvalue weighted by atomic mass is 10.2. The summed E-state index contributed by atoms with van der Waals surface area (Å²) in [6, 6.07) is 4.39. The lowest BCUT2D eigenvalue weighted by molar-refractivity contribution is -0.120. The molecule has 6 nitrogen and oxygen atoms in total. The number of aromatic carboxylic acids is 1. The lowest BCUT2D eigenvalue weighted by Crippen LogP contribution is -2.21. The first-order valence-electron chi connectivity index (χ1n) is 4.37. The average molecular weight is 225 g/mol. The standard InChI is InChI=1S/C10H11NO5/c1-15-7-4-2-3-6(10(13)14)9(7)16-5-8(11)12/h2-4H,5H2,1H3,(H2,11,12)(H,13,14). The number of benzene rings is 1. The van der Waals surface area contributed by atoms with Gasteiger partial charge in [-0.25, -0.2) is 4.79 Å². The van der Waals surface area contributed by atoms with Gasteiger partial charge >= 0.3 is 5.97 Å². The summed E-state index contributed by atoms with van der Waals surface area (Å²) in [7, 11) is 1.37. The molecule has 0 radical (unpaired) electrons. The van der Waals surface area contributed by atoms with Crippen LogP contribution in [-0.2, 0) is 4.79 Å². The third-order valence-corrected chi connectivity index (χ3v) is 1.79. The quantitative estimate of drug-likeness (QED) is 0.748. The summed E-state index contributed by atoms with van der Waals surface area (Å²) in [4.78, 5) is 21.4. The van der Waals surface area contributed by atoms with Crippen LogP contribution in [0.5, 0.6) is 11.5 Å². The zero-order chi connectivity index (χ0) is 12.1. The Morgan fingerprint density at radius 3 is 2.62 bits per heavy atom. The topological polar surface area (TPSA) is 98.8 Å². The maximum absolute atomic E-state index is 10.9. The molecule has 0 saturated heterocycles. The van der Waals surface area contributed by atoms with E-state index in [1.807, 2.05) is 0 Å². The van der Waals surface area contributed by atoms with E-state index >= 15 is 0 Å². The largest absolute Gasteiger partial charge is 0.493 e. The molecular formula is C10H11NO5. The van der Waals surface area contributed by atoms with Crippen LogP contribution >= 0.6 is 0 Å². The van der Waals surface area contributed by atoms with Gasteiger partial charge in [0.05, 0.1) is 7.11 Å². The number of rotatable bonds is 5. The summed E-state index contributed by atoms with van der Waals surface area (Å²) >= 11 is 0. The number of para-hydroxylation sites is 1. The molecule has 1 rings (SSSR count). The Labute approximate surface area is 91.6 Å². The van der Waals surface area contributed by atoms with Crippen LogP contribution in [0.25, 0.3) is 0 Å². The molecule has 0 bridgehead atoms. The van der Waals surface area contributed by atoms with E-state index < -0.39 is 18.5 Å². The van der Waals surface area contributed by atoms with Gasteiger partial charge in [0.15, 0.2) is 18.1 Å². The first-order valence-corrected chi connectivity index (χ1v) is 4.37. The molecule has 1 aromatic rings. The number of hydrogen-bond donors (Lipinski definition) is 2. The maximum atomic E-state index is 10.9. The molecule has 1 amide bonds. The van der Waals surface area contributed by atoms with Crippen molar-refractivity contribution in [3.05, 3.63) is 23.8 Å².